The van der Waals surface area contributed by atoms with Gasteiger partial charge in [0.2, 0.25) is 5.54 Å². The van der Waals surface area contributed by atoms with Gasteiger partial charge in [0.1, 0.15) is 12.1 Å². The van der Waals surface area contributed by atoms with Crippen molar-refractivity contribution in [1.29, 1.82) is 0 Å². The number of carbonyl (C=O) groups is 1. The zero-order chi connectivity index (χ0) is 12.4. The lowest BCUT2D eigenvalue weighted by Gasteiger charge is -2.34. The van der Waals surface area contributed by atoms with Crippen LogP contribution in [0.25, 0.3) is 4.85 Å². The monoisotopic (exact) mass is 224 g/mol. The zero-order valence-corrected chi connectivity index (χ0v) is 10.5. The Morgan fingerprint density at radius 3 is 2.38 bits per heavy atom. The summed E-state index contributed by atoms with van der Waals surface area (Å²) in [6.45, 7) is 13.2. The first-order valence-corrected chi connectivity index (χ1v) is 5.61. The second-order valence-electron chi connectivity index (χ2n) is 5.53. The van der Waals surface area contributed by atoms with E-state index in [1.165, 1.54) is 4.90 Å². The van der Waals surface area contributed by atoms with Gasteiger partial charge in [-0.05, 0) is 27.2 Å². The van der Waals surface area contributed by atoms with Gasteiger partial charge in [-0.1, -0.05) is 0 Å². The third-order valence-electron chi connectivity index (χ3n) is 2.76. The highest BCUT2D eigenvalue weighted by molar-refractivity contribution is 5.68. The third kappa shape index (κ3) is 3.13. The highest BCUT2D eigenvalue weighted by atomic mass is 16.6. The number of ether oxygens (including phenoxy) is 1. The number of amides is 1. The molecule has 0 heterocycles. The minimum atomic E-state index is -0.476. The number of nitrogens with zero attached hydrogens (tertiary/aromatic N) is 2. The maximum Gasteiger partial charge on any atom is 0.410 e. The van der Waals surface area contributed by atoms with Crippen LogP contribution in [0.3, 0.4) is 0 Å². The SMILES string of the molecule is [C-]#[N+]C1(CN(C)C(=O)OC(C)(C)C)CCC1. The van der Waals surface area contributed by atoms with Crippen LogP contribution >= 0.6 is 0 Å². The Balaban J connectivity index is 2.49. The summed E-state index contributed by atoms with van der Waals surface area (Å²) in [7, 11) is 1.69. The molecule has 1 fully saturated rings. The average molecular weight is 224 g/mol. The van der Waals surface area contributed by atoms with E-state index in [1.54, 1.807) is 7.05 Å². The van der Waals surface area contributed by atoms with Crippen LogP contribution in [0.4, 0.5) is 4.79 Å². The van der Waals surface area contributed by atoms with Gasteiger partial charge < -0.3 is 14.5 Å². The van der Waals surface area contributed by atoms with Crippen LogP contribution < -0.4 is 0 Å². The van der Waals surface area contributed by atoms with Crippen LogP contribution in [-0.4, -0.2) is 35.7 Å². The van der Waals surface area contributed by atoms with Crippen LogP contribution in [0.2, 0.25) is 0 Å². The quantitative estimate of drug-likeness (QED) is 0.676. The van der Waals surface area contributed by atoms with Crippen molar-refractivity contribution in [2.45, 2.75) is 51.2 Å². The fraction of sp³-hybridized carbons (Fsp3) is 0.833. The summed E-state index contributed by atoms with van der Waals surface area (Å²) in [5.74, 6) is 0. The molecule has 0 spiro atoms. The molecular formula is C12H20N2O2. The summed E-state index contributed by atoms with van der Waals surface area (Å²) in [4.78, 5) is 16.9. The predicted molar refractivity (Wildman–Crippen MR) is 62.0 cm³/mol. The summed E-state index contributed by atoms with van der Waals surface area (Å²) >= 11 is 0. The molecule has 16 heavy (non-hydrogen) atoms. The van der Waals surface area contributed by atoms with E-state index in [9.17, 15) is 4.79 Å². The van der Waals surface area contributed by atoms with E-state index in [0.29, 0.717) is 6.54 Å². The fourth-order valence-corrected chi connectivity index (χ4v) is 1.74. The summed E-state index contributed by atoms with van der Waals surface area (Å²) in [5.41, 5.74) is -0.818. The van der Waals surface area contributed by atoms with Gasteiger partial charge in [-0.3, -0.25) is 0 Å². The molecule has 1 amide bonds. The molecule has 1 rings (SSSR count). The van der Waals surface area contributed by atoms with Crippen molar-refractivity contribution in [3.8, 4) is 0 Å². The average Bonchev–Trinajstić information content (AvgIpc) is 2.08. The molecule has 0 aromatic carbocycles. The van der Waals surface area contributed by atoms with Crippen LogP contribution in [0.1, 0.15) is 40.0 Å². The Hall–Kier alpha value is -1.24. The number of likely N-dealkylation sites (N-methyl/N-ethyl adjacent to an activating group) is 1. The lowest BCUT2D eigenvalue weighted by atomic mass is 9.77. The van der Waals surface area contributed by atoms with E-state index >= 15 is 0 Å². The van der Waals surface area contributed by atoms with Crippen LogP contribution in [0.5, 0.6) is 0 Å². The highest BCUT2D eigenvalue weighted by Crippen LogP contribution is 2.36. The second-order valence-corrected chi connectivity index (χ2v) is 5.53. The van der Waals surface area contributed by atoms with Crippen LogP contribution in [0.15, 0.2) is 0 Å². The standard InChI is InChI=1S/C12H20N2O2/c1-11(2,3)16-10(15)14(5)9-12(13-4)7-6-8-12/h6-9H2,1-3,5H3. The van der Waals surface area contributed by atoms with Crippen molar-refractivity contribution in [3.05, 3.63) is 11.4 Å². The van der Waals surface area contributed by atoms with E-state index in [2.05, 4.69) is 4.85 Å². The van der Waals surface area contributed by atoms with Crippen molar-refractivity contribution in [1.82, 2.24) is 4.90 Å². The topological polar surface area (TPSA) is 33.9 Å². The second kappa shape index (κ2) is 4.32. The van der Waals surface area contributed by atoms with E-state index < -0.39 is 5.60 Å². The van der Waals surface area contributed by atoms with E-state index in [4.69, 9.17) is 11.3 Å². The van der Waals surface area contributed by atoms with Crippen molar-refractivity contribution in [3.63, 3.8) is 0 Å². The minimum absolute atomic E-state index is 0.342. The molecule has 0 bridgehead atoms. The molecule has 0 radical (unpaired) electrons. The predicted octanol–water partition coefficient (Wildman–Crippen LogP) is 2.70. The summed E-state index contributed by atoms with van der Waals surface area (Å²) < 4.78 is 5.24. The van der Waals surface area contributed by atoms with Crippen molar-refractivity contribution in [2.75, 3.05) is 13.6 Å². The molecule has 0 atom stereocenters. The maximum absolute atomic E-state index is 11.7. The Morgan fingerprint density at radius 1 is 1.50 bits per heavy atom. The molecule has 1 saturated carbocycles. The van der Waals surface area contributed by atoms with Crippen molar-refractivity contribution >= 4 is 6.09 Å². The van der Waals surface area contributed by atoms with Gasteiger partial charge in [0.05, 0.1) is 0 Å². The Kier molecular flexibility index (Phi) is 3.47. The first-order valence-electron chi connectivity index (χ1n) is 5.61. The molecule has 0 unspecified atom stereocenters. The lowest BCUT2D eigenvalue weighted by molar-refractivity contribution is 0.0246. The van der Waals surface area contributed by atoms with Gasteiger partial charge >= 0.3 is 6.09 Å². The first kappa shape index (κ1) is 12.8. The minimum Gasteiger partial charge on any atom is -0.444 e. The first-order chi connectivity index (χ1) is 7.28. The number of hydrogen-bond acceptors (Lipinski definition) is 2. The molecule has 0 aliphatic heterocycles. The summed E-state index contributed by atoms with van der Waals surface area (Å²) in [6, 6.07) is 0. The lowest BCUT2D eigenvalue weighted by Crippen LogP contribution is -2.47. The van der Waals surface area contributed by atoms with E-state index in [1.807, 2.05) is 20.8 Å². The van der Waals surface area contributed by atoms with Gasteiger partial charge in [0.15, 0.2) is 0 Å². The Bertz CT molecular complexity index is 308. The molecule has 1 aliphatic rings. The third-order valence-corrected chi connectivity index (χ3v) is 2.76. The van der Waals surface area contributed by atoms with Gasteiger partial charge in [-0.25, -0.2) is 11.4 Å². The van der Waals surface area contributed by atoms with Crippen molar-refractivity contribution < 1.29 is 9.53 Å². The van der Waals surface area contributed by atoms with Gasteiger partial charge in [-0.2, -0.15) is 0 Å². The Morgan fingerprint density at radius 2 is 2.06 bits per heavy atom. The normalized spacial score (nSPS) is 18.2. The summed E-state index contributed by atoms with van der Waals surface area (Å²) in [6.07, 6.45) is 2.53. The smallest absolute Gasteiger partial charge is 0.410 e. The van der Waals surface area contributed by atoms with Crippen molar-refractivity contribution in [2.24, 2.45) is 0 Å². The number of carbonyl (C=O) groups excluding carboxylic acids is 1. The van der Waals surface area contributed by atoms with Gasteiger partial charge in [0.25, 0.3) is 0 Å². The molecule has 0 N–H and O–H groups in total. The van der Waals surface area contributed by atoms with Crippen LogP contribution in [-0.2, 0) is 4.74 Å². The molecule has 1 aliphatic carbocycles. The highest BCUT2D eigenvalue weighted by Gasteiger charge is 2.45. The number of rotatable bonds is 2. The van der Waals surface area contributed by atoms with Gasteiger partial charge in [0, 0.05) is 19.9 Å². The Labute approximate surface area is 97.4 Å². The van der Waals surface area contributed by atoms with E-state index in [-0.39, 0.29) is 11.6 Å². The van der Waals surface area contributed by atoms with Crippen LogP contribution in [0, 0.1) is 6.57 Å². The largest absolute Gasteiger partial charge is 0.444 e. The molecule has 0 aromatic heterocycles. The maximum atomic E-state index is 11.7. The molecule has 90 valence electrons. The molecule has 4 heteroatoms. The summed E-state index contributed by atoms with van der Waals surface area (Å²) in [5, 5.41) is 0. The molecular weight excluding hydrogens is 204 g/mol. The number of hydrogen-bond donors (Lipinski definition) is 0. The molecule has 4 nitrogen and oxygen atoms in total. The zero-order valence-electron chi connectivity index (χ0n) is 10.5. The molecule has 0 saturated heterocycles. The molecule has 0 aromatic rings. The van der Waals surface area contributed by atoms with E-state index in [0.717, 1.165) is 19.3 Å². The van der Waals surface area contributed by atoms with Gasteiger partial charge in [-0.15, -0.1) is 0 Å². The fourth-order valence-electron chi connectivity index (χ4n) is 1.74.